The van der Waals surface area contributed by atoms with Gasteiger partial charge >= 0.3 is 0 Å². The summed E-state index contributed by atoms with van der Waals surface area (Å²) in [6.45, 7) is 0.486. The molecule has 3 heteroatoms. The molecule has 1 N–H and O–H groups in total. The molecule has 11 heavy (non-hydrogen) atoms. The van der Waals surface area contributed by atoms with Crippen molar-refractivity contribution in [1.82, 2.24) is 4.98 Å². The lowest BCUT2D eigenvalue weighted by Gasteiger charge is -1.99. The summed E-state index contributed by atoms with van der Waals surface area (Å²) in [5, 5.41) is 1.46. The lowest BCUT2D eigenvalue weighted by atomic mass is 10.3. The summed E-state index contributed by atoms with van der Waals surface area (Å²) >= 11 is 0. The topological polar surface area (TPSA) is 42.1 Å². The van der Waals surface area contributed by atoms with E-state index in [1.54, 1.807) is 18.5 Å². The first-order valence-electron chi connectivity index (χ1n) is 3.37. The molecule has 2 heterocycles. The van der Waals surface area contributed by atoms with E-state index in [0.29, 0.717) is 11.8 Å². The lowest BCUT2D eigenvalue weighted by Crippen LogP contribution is -2.42. The molecule has 3 nitrogen and oxygen atoms in total. The minimum Gasteiger partial charge on any atom is -0.495 e. The highest BCUT2D eigenvalue weighted by Gasteiger charge is 1.94. The Morgan fingerprint density at radius 1 is 1.55 bits per heavy atom. The van der Waals surface area contributed by atoms with E-state index in [4.69, 9.17) is 4.74 Å². The molecule has 0 saturated heterocycles. The van der Waals surface area contributed by atoms with E-state index >= 15 is 0 Å². The maximum Gasteiger partial charge on any atom is 0.189 e. The molecular weight excluding hydrogens is 142 g/mol. The zero-order chi connectivity index (χ0) is 7.68. The molecule has 0 aromatic carbocycles. The molecule has 0 fully saturated rings. The number of pyridine rings is 1. The second-order valence-electron chi connectivity index (χ2n) is 2.32. The number of aromatic nitrogens is 1. The van der Waals surface area contributed by atoms with Crippen molar-refractivity contribution in [3.8, 4) is 0 Å². The Morgan fingerprint density at radius 3 is 3.27 bits per heavy atom. The van der Waals surface area contributed by atoms with Crippen LogP contribution in [0.25, 0.3) is 12.3 Å². The molecule has 0 atom stereocenters. The van der Waals surface area contributed by atoms with E-state index in [0.717, 1.165) is 5.35 Å². The first kappa shape index (κ1) is 6.22. The first-order valence-corrected chi connectivity index (χ1v) is 3.37. The highest BCUT2D eigenvalue weighted by atomic mass is 16.5. The SMILES string of the molecule is O=c1cc[nH]c2c1=CCOC=2. The summed E-state index contributed by atoms with van der Waals surface area (Å²) < 4.78 is 5.00. The number of aromatic amines is 1. The van der Waals surface area contributed by atoms with Gasteiger partial charge in [0.1, 0.15) is 12.9 Å². The van der Waals surface area contributed by atoms with E-state index in [2.05, 4.69) is 4.98 Å². The molecular formula is C8H7NO2. The summed E-state index contributed by atoms with van der Waals surface area (Å²) in [5.74, 6) is 0. The number of fused-ring (bicyclic) bond motifs is 1. The largest absolute Gasteiger partial charge is 0.495 e. The predicted molar refractivity (Wildman–Crippen MR) is 41.2 cm³/mol. The van der Waals surface area contributed by atoms with Crippen LogP contribution in [-0.4, -0.2) is 11.6 Å². The van der Waals surface area contributed by atoms with Crippen molar-refractivity contribution in [3.05, 3.63) is 33.1 Å². The molecule has 0 aliphatic carbocycles. The van der Waals surface area contributed by atoms with Crippen LogP contribution in [0.1, 0.15) is 0 Å². The maximum absolute atomic E-state index is 11.1. The normalized spacial score (nSPS) is 13.8. The summed E-state index contributed by atoms with van der Waals surface area (Å²) in [6, 6.07) is 1.51. The molecule has 1 aliphatic heterocycles. The Kier molecular flexibility index (Phi) is 1.28. The molecule has 0 unspecified atom stereocenters. The van der Waals surface area contributed by atoms with Gasteiger partial charge < -0.3 is 9.72 Å². The molecule has 0 bridgehead atoms. The lowest BCUT2D eigenvalue weighted by molar-refractivity contribution is 0.344. The van der Waals surface area contributed by atoms with Gasteiger partial charge in [0.2, 0.25) is 0 Å². The van der Waals surface area contributed by atoms with Crippen LogP contribution in [0.5, 0.6) is 0 Å². The second kappa shape index (κ2) is 2.27. The van der Waals surface area contributed by atoms with Gasteiger partial charge in [0.15, 0.2) is 5.43 Å². The van der Waals surface area contributed by atoms with Gasteiger partial charge in [-0.25, -0.2) is 0 Å². The molecule has 2 rings (SSSR count). The van der Waals surface area contributed by atoms with Crippen LogP contribution in [0.3, 0.4) is 0 Å². The Labute approximate surface area is 62.6 Å². The summed E-state index contributed by atoms with van der Waals surface area (Å²) in [4.78, 5) is 14.1. The van der Waals surface area contributed by atoms with Crippen LogP contribution in [0.4, 0.5) is 0 Å². The quantitative estimate of drug-likeness (QED) is 0.510. The van der Waals surface area contributed by atoms with Crippen LogP contribution >= 0.6 is 0 Å². The number of ether oxygens (including phenoxy) is 1. The van der Waals surface area contributed by atoms with E-state index in [-0.39, 0.29) is 5.43 Å². The maximum atomic E-state index is 11.1. The van der Waals surface area contributed by atoms with Gasteiger partial charge in [-0.2, -0.15) is 0 Å². The fraction of sp³-hybridized carbons (Fsp3) is 0.125. The highest BCUT2D eigenvalue weighted by Crippen LogP contribution is 1.77. The van der Waals surface area contributed by atoms with Gasteiger partial charge in [-0.3, -0.25) is 4.79 Å². The number of nitrogens with one attached hydrogen (secondary N) is 1. The van der Waals surface area contributed by atoms with Gasteiger partial charge in [0.05, 0.1) is 5.35 Å². The number of rotatable bonds is 0. The minimum atomic E-state index is 0.0401. The van der Waals surface area contributed by atoms with Crippen molar-refractivity contribution in [2.75, 3.05) is 6.61 Å². The van der Waals surface area contributed by atoms with Gasteiger partial charge in [-0.15, -0.1) is 0 Å². The molecule has 1 aliphatic rings. The molecule has 0 saturated carbocycles. The molecule has 56 valence electrons. The fourth-order valence-corrected chi connectivity index (χ4v) is 1.08. The Morgan fingerprint density at radius 2 is 2.45 bits per heavy atom. The Bertz CT molecular complexity index is 430. The van der Waals surface area contributed by atoms with Gasteiger partial charge in [-0.05, 0) is 6.08 Å². The van der Waals surface area contributed by atoms with Crippen LogP contribution < -0.4 is 16.0 Å². The zero-order valence-electron chi connectivity index (χ0n) is 5.83. The second-order valence-corrected chi connectivity index (χ2v) is 2.32. The third-order valence-corrected chi connectivity index (χ3v) is 1.61. The average molecular weight is 149 g/mol. The predicted octanol–water partition coefficient (Wildman–Crippen LogP) is -1.08. The third-order valence-electron chi connectivity index (χ3n) is 1.61. The van der Waals surface area contributed by atoms with Crippen LogP contribution in [-0.2, 0) is 4.74 Å². The smallest absolute Gasteiger partial charge is 0.189 e. The zero-order valence-corrected chi connectivity index (χ0v) is 5.83. The minimum absolute atomic E-state index is 0.0401. The molecule has 0 amide bonds. The highest BCUT2D eigenvalue weighted by molar-refractivity contribution is 5.30. The fourth-order valence-electron chi connectivity index (χ4n) is 1.08. The van der Waals surface area contributed by atoms with Crippen molar-refractivity contribution < 1.29 is 4.74 Å². The Hall–Kier alpha value is -1.51. The standard InChI is InChI=1S/C8H7NO2/c10-8-1-3-9-7-5-11-4-2-6(7)8/h1-3,5,9H,4H2. The number of hydrogen-bond donors (Lipinski definition) is 1. The van der Waals surface area contributed by atoms with E-state index in [1.165, 1.54) is 6.07 Å². The van der Waals surface area contributed by atoms with Crippen LogP contribution in [0, 0.1) is 0 Å². The van der Waals surface area contributed by atoms with Crippen molar-refractivity contribution in [1.29, 1.82) is 0 Å². The number of H-pyrrole nitrogens is 1. The summed E-state index contributed by atoms with van der Waals surface area (Å²) in [7, 11) is 0. The Balaban J connectivity index is 3.00. The first-order chi connectivity index (χ1) is 5.38. The summed E-state index contributed by atoms with van der Waals surface area (Å²) in [6.07, 6.45) is 4.95. The summed E-state index contributed by atoms with van der Waals surface area (Å²) in [5.41, 5.74) is 0.0401. The van der Waals surface area contributed by atoms with Crippen molar-refractivity contribution >= 4 is 12.3 Å². The van der Waals surface area contributed by atoms with Crippen LogP contribution in [0.15, 0.2) is 17.1 Å². The average Bonchev–Trinajstić information content (AvgIpc) is 2.06. The van der Waals surface area contributed by atoms with Gasteiger partial charge in [0.25, 0.3) is 0 Å². The van der Waals surface area contributed by atoms with Crippen molar-refractivity contribution in [2.24, 2.45) is 0 Å². The van der Waals surface area contributed by atoms with Crippen LogP contribution in [0.2, 0.25) is 0 Å². The monoisotopic (exact) mass is 149 g/mol. The molecule has 1 aromatic rings. The van der Waals surface area contributed by atoms with Gasteiger partial charge in [0, 0.05) is 17.5 Å². The molecule has 0 spiro atoms. The van der Waals surface area contributed by atoms with E-state index in [1.807, 2.05) is 0 Å². The third kappa shape index (κ3) is 0.941. The number of hydrogen-bond acceptors (Lipinski definition) is 2. The van der Waals surface area contributed by atoms with Gasteiger partial charge in [-0.1, -0.05) is 0 Å². The molecule has 1 aromatic heterocycles. The van der Waals surface area contributed by atoms with Crippen molar-refractivity contribution in [3.63, 3.8) is 0 Å². The van der Waals surface area contributed by atoms with E-state index < -0.39 is 0 Å². The molecule has 0 radical (unpaired) electrons. The van der Waals surface area contributed by atoms with Crippen molar-refractivity contribution in [2.45, 2.75) is 0 Å². The van der Waals surface area contributed by atoms with E-state index in [9.17, 15) is 4.79 Å².